The van der Waals surface area contributed by atoms with Gasteiger partial charge in [-0.15, -0.1) is 0 Å². The lowest BCUT2D eigenvalue weighted by Gasteiger charge is -1.99. The third-order valence-electron chi connectivity index (χ3n) is 1.06. The highest BCUT2D eigenvalue weighted by molar-refractivity contribution is 6.01. The van der Waals surface area contributed by atoms with Crippen molar-refractivity contribution >= 4 is 11.8 Å². The van der Waals surface area contributed by atoms with Crippen LogP contribution in [0.1, 0.15) is 19.8 Å². The summed E-state index contributed by atoms with van der Waals surface area (Å²) in [5.74, 6) is -2.72. The molecule has 64 valence electrons. The van der Waals surface area contributed by atoms with Crippen LogP contribution in [0.25, 0.3) is 0 Å². The maximum Gasteiger partial charge on any atom is 0.390 e. The molecule has 0 radical (unpaired) electrons. The van der Waals surface area contributed by atoms with Crippen LogP contribution in [0.4, 0.5) is 8.92 Å². The molecular formula is C6H8F2O3. The lowest BCUT2D eigenvalue weighted by Crippen LogP contribution is -2.25. The fraction of sp³-hybridized carbons (Fsp3) is 0.667. The van der Waals surface area contributed by atoms with E-state index in [-0.39, 0.29) is 6.42 Å². The Balaban J connectivity index is 3.91. The Kier molecular flexibility index (Phi) is 4.33. The van der Waals surface area contributed by atoms with Crippen molar-refractivity contribution in [2.45, 2.75) is 25.9 Å². The van der Waals surface area contributed by atoms with Crippen LogP contribution in [0.2, 0.25) is 0 Å². The molecule has 0 aliphatic rings. The quantitative estimate of drug-likeness (QED) is 0.588. The summed E-state index contributed by atoms with van der Waals surface area (Å²) in [6.45, 7) is 1.64. The summed E-state index contributed by atoms with van der Waals surface area (Å²) >= 11 is 0. The first kappa shape index (κ1) is 10.0. The van der Waals surface area contributed by atoms with E-state index in [1.807, 2.05) is 0 Å². The van der Waals surface area contributed by atoms with Crippen molar-refractivity contribution in [1.29, 1.82) is 0 Å². The van der Waals surface area contributed by atoms with E-state index in [0.29, 0.717) is 6.42 Å². The van der Waals surface area contributed by atoms with Gasteiger partial charge in [-0.1, -0.05) is 6.92 Å². The number of alkyl halides is 1. The summed E-state index contributed by atoms with van der Waals surface area (Å²) in [6, 6.07) is 0. The van der Waals surface area contributed by atoms with E-state index in [4.69, 9.17) is 0 Å². The largest absolute Gasteiger partial charge is 0.390 e. The fourth-order valence-electron chi connectivity index (χ4n) is 0.544. The highest BCUT2D eigenvalue weighted by Crippen LogP contribution is 2.02. The van der Waals surface area contributed by atoms with E-state index in [2.05, 4.69) is 4.94 Å². The highest BCUT2D eigenvalue weighted by atomic mass is 19.3. The van der Waals surface area contributed by atoms with E-state index in [9.17, 15) is 18.5 Å². The summed E-state index contributed by atoms with van der Waals surface area (Å²) in [6.07, 6.45) is -2.14. The van der Waals surface area contributed by atoms with Crippen LogP contribution in [-0.2, 0) is 14.5 Å². The number of Topliss-reactive ketones (excluding diaryl/α,β-unsaturated/α-hetero) is 1. The number of rotatable bonds is 4. The fourth-order valence-corrected chi connectivity index (χ4v) is 0.544. The number of ketones is 1. The Bertz CT molecular complexity index is 158. The van der Waals surface area contributed by atoms with Gasteiger partial charge in [0.25, 0.3) is 6.17 Å². The Morgan fingerprint density at radius 1 is 1.55 bits per heavy atom. The number of halogens is 2. The molecule has 0 spiro atoms. The number of carbonyl (C=O) groups is 2. The minimum atomic E-state index is -2.47. The number of carbonyl (C=O) groups excluding carboxylic acids is 2. The van der Waals surface area contributed by atoms with Gasteiger partial charge < -0.3 is 0 Å². The van der Waals surface area contributed by atoms with Crippen molar-refractivity contribution in [2.24, 2.45) is 0 Å². The van der Waals surface area contributed by atoms with Crippen molar-refractivity contribution in [1.82, 2.24) is 0 Å². The molecule has 0 saturated heterocycles. The highest BCUT2D eigenvalue weighted by Gasteiger charge is 2.27. The molecule has 3 nitrogen and oxygen atoms in total. The standard InChI is InChI=1S/C6H8F2O3/c1-2-3-4(9)5(7)6(10)11-8/h5H,2-3H2,1H3. The molecule has 0 aliphatic heterocycles. The van der Waals surface area contributed by atoms with Crippen LogP contribution >= 0.6 is 0 Å². The molecular weight excluding hydrogens is 158 g/mol. The average molecular weight is 166 g/mol. The molecule has 0 N–H and O–H groups in total. The molecule has 0 aromatic rings. The van der Waals surface area contributed by atoms with Crippen LogP contribution in [0.15, 0.2) is 0 Å². The van der Waals surface area contributed by atoms with E-state index < -0.39 is 17.9 Å². The minimum absolute atomic E-state index is 0.0870. The summed E-state index contributed by atoms with van der Waals surface area (Å²) in [7, 11) is 0. The molecule has 5 heteroatoms. The molecule has 1 atom stereocenters. The van der Waals surface area contributed by atoms with Crippen LogP contribution in [0.5, 0.6) is 0 Å². The zero-order valence-corrected chi connectivity index (χ0v) is 5.97. The maximum atomic E-state index is 12.3. The van der Waals surface area contributed by atoms with Gasteiger partial charge in [0.2, 0.25) is 0 Å². The van der Waals surface area contributed by atoms with Crippen molar-refractivity contribution in [3.05, 3.63) is 0 Å². The Hall–Kier alpha value is -1.00. The zero-order valence-electron chi connectivity index (χ0n) is 5.97. The monoisotopic (exact) mass is 166 g/mol. The second-order valence-electron chi connectivity index (χ2n) is 1.98. The lowest BCUT2D eigenvalue weighted by atomic mass is 10.1. The van der Waals surface area contributed by atoms with Gasteiger partial charge in [-0.05, 0) is 6.42 Å². The Morgan fingerprint density at radius 3 is 2.45 bits per heavy atom. The molecule has 0 amide bonds. The average Bonchev–Trinajstić information content (AvgIpc) is 2.02. The first-order valence-corrected chi connectivity index (χ1v) is 3.12. The molecule has 0 heterocycles. The number of hydrogen-bond acceptors (Lipinski definition) is 3. The van der Waals surface area contributed by atoms with E-state index in [1.165, 1.54) is 0 Å². The Labute approximate surface area is 62.2 Å². The van der Waals surface area contributed by atoms with Crippen LogP contribution in [-0.4, -0.2) is 17.9 Å². The van der Waals surface area contributed by atoms with Gasteiger partial charge >= 0.3 is 5.97 Å². The topological polar surface area (TPSA) is 43.4 Å². The smallest absolute Gasteiger partial charge is 0.296 e. The molecule has 11 heavy (non-hydrogen) atoms. The van der Waals surface area contributed by atoms with Gasteiger partial charge in [0.1, 0.15) is 0 Å². The second-order valence-corrected chi connectivity index (χ2v) is 1.98. The first-order valence-electron chi connectivity index (χ1n) is 3.12. The lowest BCUT2D eigenvalue weighted by molar-refractivity contribution is -0.190. The molecule has 0 aliphatic carbocycles. The van der Waals surface area contributed by atoms with Crippen molar-refractivity contribution in [2.75, 3.05) is 0 Å². The van der Waals surface area contributed by atoms with Crippen LogP contribution in [0.3, 0.4) is 0 Å². The van der Waals surface area contributed by atoms with Crippen molar-refractivity contribution in [3.8, 4) is 0 Å². The summed E-state index contributed by atoms with van der Waals surface area (Å²) in [5.41, 5.74) is 0. The third kappa shape index (κ3) is 3.06. The molecule has 0 aromatic carbocycles. The minimum Gasteiger partial charge on any atom is -0.296 e. The van der Waals surface area contributed by atoms with Gasteiger partial charge in [-0.25, -0.2) is 9.18 Å². The summed E-state index contributed by atoms with van der Waals surface area (Å²) in [5, 5.41) is 0. The third-order valence-corrected chi connectivity index (χ3v) is 1.06. The van der Waals surface area contributed by atoms with E-state index >= 15 is 0 Å². The normalized spacial score (nSPS) is 12.3. The van der Waals surface area contributed by atoms with Gasteiger partial charge in [0, 0.05) is 10.9 Å². The first-order chi connectivity index (χ1) is 5.13. The molecule has 0 saturated carbocycles. The predicted molar refractivity (Wildman–Crippen MR) is 32.0 cm³/mol. The van der Waals surface area contributed by atoms with Gasteiger partial charge in [-0.2, -0.15) is 0 Å². The van der Waals surface area contributed by atoms with Crippen molar-refractivity contribution in [3.63, 3.8) is 0 Å². The summed E-state index contributed by atoms with van der Waals surface area (Å²) in [4.78, 5) is 23.1. The zero-order chi connectivity index (χ0) is 8.85. The van der Waals surface area contributed by atoms with Crippen molar-refractivity contribution < 1.29 is 23.4 Å². The van der Waals surface area contributed by atoms with Crippen LogP contribution in [0, 0.1) is 0 Å². The predicted octanol–water partition coefficient (Wildman–Crippen LogP) is 1.12. The number of hydrogen-bond donors (Lipinski definition) is 0. The molecule has 0 aromatic heterocycles. The molecule has 0 rings (SSSR count). The van der Waals surface area contributed by atoms with Gasteiger partial charge in [-0.3, -0.25) is 9.74 Å². The van der Waals surface area contributed by atoms with Crippen LogP contribution < -0.4 is 0 Å². The SMILES string of the molecule is CCCC(=O)C(F)C(=O)OF. The van der Waals surface area contributed by atoms with Gasteiger partial charge in [0.05, 0.1) is 0 Å². The molecule has 0 bridgehead atoms. The maximum absolute atomic E-state index is 12.3. The van der Waals surface area contributed by atoms with Gasteiger partial charge in [0.15, 0.2) is 5.78 Å². The molecule has 0 fully saturated rings. The molecule has 1 unspecified atom stereocenters. The Morgan fingerprint density at radius 2 is 2.09 bits per heavy atom. The van der Waals surface area contributed by atoms with E-state index in [0.717, 1.165) is 0 Å². The summed E-state index contributed by atoms with van der Waals surface area (Å²) < 4.78 is 23.3. The second kappa shape index (κ2) is 4.76. The van der Waals surface area contributed by atoms with E-state index in [1.54, 1.807) is 6.92 Å².